The zero-order valence-electron chi connectivity index (χ0n) is 12.4. The molecule has 0 aliphatic rings. The summed E-state index contributed by atoms with van der Waals surface area (Å²) in [6.07, 6.45) is 1.70. The molecule has 22 heavy (non-hydrogen) atoms. The van der Waals surface area contributed by atoms with Crippen LogP contribution in [0.15, 0.2) is 76.2 Å². The molecule has 0 radical (unpaired) electrons. The van der Waals surface area contributed by atoms with Crippen molar-refractivity contribution in [3.63, 3.8) is 0 Å². The molecule has 0 aliphatic heterocycles. The van der Waals surface area contributed by atoms with Gasteiger partial charge < -0.3 is 14.5 Å². The lowest BCUT2D eigenvalue weighted by Gasteiger charge is -2.12. The van der Waals surface area contributed by atoms with Crippen molar-refractivity contribution in [2.45, 2.75) is 11.4 Å². The smallest absolute Gasteiger partial charge is 0.135 e. The van der Waals surface area contributed by atoms with Crippen LogP contribution >= 0.6 is 11.9 Å². The minimum Gasteiger partial charge on any atom is -0.464 e. The zero-order valence-corrected chi connectivity index (χ0v) is 13.2. The van der Waals surface area contributed by atoms with Crippen LogP contribution in [-0.2, 0) is 6.54 Å². The summed E-state index contributed by atoms with van der Waals surface area (Å²) in [5, 5.41) is 3.18. The number of hydrogen-bond donors (Lipinski definition) is 2. The van der Waals surface area contributed by atoms with Crippen molar-refractivity contribution in [1.82, 2.24) is 5.32 Å². The van der Waals surface area contributed by atoms with E-state index in [2.05, 4.69) is 40.4 Å². The van der Waals surface area contributed by atoms with Crippen LogP contribution in [0.5, 0.6) is 0 Å². The van der Waals surface area contributed by atoms with Crippen LogP contribution in [0.3, 0.4) is 0 Å². The third kappa shape index (κ3) is 3.53. The van der Waals surface area contributed by atoms with Gasteiger partial charge in [0.1, 0.15) is 5.76 Å². The number of hydrogen-bond acceptors (Lipinski definition) is 4. The highest BCUT2D eigenvalue weighted by atomic mass is 32.2. The molecule has 2 aromatic carbocycles. The van der Waals surface area contributed by atoms with Gasteiger partial charge in [-0.25, -0.2) is 0 Å². The maximum Gasteiger partial charge on any atom is 0.135 e. The maximum absolute atomic E-state index is 5.55. The summed E-state index contributed by atoms with van der Waals surface area (Å²) < 4.78 is 8.99. The number of nitrogens with one attached hydrogen (secondary N) is 2. The van der Waals surface area contributed by atoms with Crippen LogP contribution in [0.1, 0.15) is 5.56 Å². The van der Waals surface area contributed by atoms with Crippen molar-refractivity contribution in [3.05, 3.63) is 72.5 Å². The Morgan fingerprint density at radius 3 is 2.59 bits per heavy atom. The molecule has 0 fully saturated rings. The highest BCUT2D eigenvalue weighted by Crippen LogP contribution is 2.32. The maximum atomic E-state index is 5.55. The molecule has 0 saturated carbocycles. The average molecular weight is 310 g/mol. The summed E-state index contributed by atoms with van der Waals surface area (Å²) in [6, 6.07) is 20.5. The summed E-state index contributed by atoms with van der Waals surface area (Å²) in [5.41, 5.74) is 3.35. The summed E-state index contributed by atoms with van der Waals surface area (Å²) >= 11 is 1.60. The fourth-order valence-electron chi connectivity index (χ4n) is 2.24. The van der Waals surface area contributed by atoms with Crippen molar-refractivity contribution in [2.75, 3.05) is 11.8 Å². The van der Waals surface area contributed by atoms with Gasteiger partial charge in [0, 0.05) is 17.0 Å². The van der Waals surface area contributed by atoms with Gasteiger partial charge in [-0.15, -0.1) is 0 Å². The Morgan fingerprint density at radius 2 is 1.86 bits per heavy atom. The summed E-state index contributed by atoms with van der Waals surface area (Å²) in [5.74, 6) is 0.868. The predicted octanol–water partition coefficient (Wildman–Crippen LogP) is 4.79. The normalized spacial score (nSPS) is 10.6. The summed E-state index contributed by atoms with van der Waals surface area (Å²) in [6.45, 7) is 0.836. The highest BCUT2D eigenvalue weighted by Gasteiger charge is 2.09. The number of furan rings is 1. The summed E-state index contributed by atoms with van der Waals surface area (Å²) in [7, 11) is 1.95. The van der Waals surface area contributed by atoms with E-state index >= 15 is 0 Å². The van der Waals surface area contributed by atoms with Gasteiger partial charge in [-0.1, -0.05) is 24.3 Å². The van der Waals surface area contributed by atoms with Gasteiger partial charge in [0.25, 0.3) is 0 Å². The number of benzene rings is 2. The second kappa shape index (κ2) is 7.20. The first-order valence-corrected chi connectivity index (χ1v) is 7.98. The van der Waals surface area contributed by atoms with Crippen LogP contribution < -0.4 is 10.0 Å². The van der Waals surface area contributed by atoms with Crippen molar-refractivity contribution >= 4 is 17.6 Å². The molecule has 0 saturated heterocycles. The van der Waals surface area contributed by atoms with Gasteiger partial charge in [0.2, 0.25) is 0 Å². The van der Waals surface area contributed by atoms with E-state index in [1.54, 1.807) is 18.2 Å². The molecule has 2 N–H and O–H groups in total. The molecule has 112 valence electrons. The van der Waals surface area contributed by atoms with Gasteiger partial charge in [0.05, 0.1) is 12.0 Å². The van der Waals surface area contributed by atoms with Crippen molar-refractivity contribution in [2.24, 2.45) is 0 Å². The lowest BCUT2D eigenvalue weighted by atomic mass is 10.1. The molecular weight excluding hydrogens is 292 g/mol. The van der Waals surface area contributed by atoms with Crippen LogP contribution in [0.2, 0.25) is 0 Å². The Kier molecular flexibility index (Phi) is 4.83. The molecule has 4 heteroatoms. The largest absolute Gasteiger partial charge is 0.464 e. The van der Waals surface area contributed by atoms with Crippen LogP contribution in [0.25, 0.3) is 11.3 Å². The zero-order chi connectivity index (χ0) is 15.2. The fraction of sp³-hybridized carbons (Fsp3) is 0.111. The molecular formula is C18H18N2OS. The minimum absolute atomic E-state index is 0.836. The third-order valence-corrected chi connectivity index (χ3v) is 4.10. The van der Waals surface area contributed by atoms with Gasteiger partial charge in [-0.05, 0) is 61.0 Å². The Hall–Kier alpha value is -2.17. The summed E-state index contributed by atoms with van der Waals surface area (Å²) in [4.78, 5) is 1.17. The van der Waals surface area contributed by atoms with Crippen LogP contribution in [0.4, 0.5) is 5.69 Å². The monoisotopic (exact) mass is 310 g/mol. The van der Waals surface area contributed by atoms with Gasteiger partial charge in [-0.3, -0.25) is 0 Å². The molecule has 0 aliphatic carbocycles. The first-order chi connectivity index (χ1) is 10.9. The van der Waals surface area contributed by atoms with E-state index in [1.807, 2.05) is 37.4 Å². The molecule has 0 bridgehead atoms. The number of anilines is 1. The molecule has 1 heterocycles. The number of rotatable bonds is 6. The van der Waals surface area contributed by atoms with E-state index in [4.69, 9.17) is 4.42 Å². The Morgan fingerprint density at radius 1 is 1.00 bits per heavy atom. The Balaban J connectivity index is 1.87. The molecule has 0 spiro atoms. The fourth-order valence-corrected chi connectivity index (χ4v) is 2.93. The first kappa shape index (κ1) is 14.8. The second-order valence-electron chi connectivity index (χ2n) is 4.90. The van der Waals surface area contributed by atoms with E-state index in [-0.39, 0.29) is 0 Å². The van der Waals surface area contributed by atoms with Gasteiger partial charge in [-0.2, -0.15) is 0 Å². The Bertz CT molecular complexity index is 711. The van der Waals surface area contributed by atoms with E-state index in [0.717, 1.165) is 23.6 Å². The predicted molar refractivity (Wildman–Crippen MR) is 92.8 cm³/mol. The highest BCUT2D eigenvalue weighted by molar-refractivity contribution is 8.00. The second-order valence-corrected chi connectivity index (χ2v) is 5.78. The Labute approximate surface area is 134 Å². The van der Waals surface area contributed by atoms with Gasteiger partial charge in [0.15, 0.2) is 0 Å². The van der Waals surface area contributed by atoms with Crippen molar-refractivity contribution < 1.29 is 4.42 Å². The topological polar surface area (TPSA) is 37.2 Å². The SMILES string of the molecule is CNCc1ccc(-c2ccco2)c(NSc2ccccc2)c1. The van der Waals surface area contributed by atoms with Crippen LogP contribution in [0, 0.1) is 0 Å². The standard InChI is InChI=1S/C18H18N2OS/c1-19-13-14-9-10-16(18-8-5-11-21-18)17(12-14)20-22-15-6-3-2-4-7-15/h2-12,19-20H,13H2,1H3. The molecule has 3 nitrogen and oxygen atoms in total. The van der Waals surface area contributed by atoms with E-state index in [9.17, 15) is 0 Å². The van der Waals surface area contributed by atoms with E-state index in [1.165, 1.54) is 10.5 Å². The molecule has 3 aromatic rings. The molecule has 3 rings (SSSR count). The minimum atomic E-state index is 0.836. The van der Waals surface area contributed by atoms with E-state index in [0.29, 0.717) is 0 Å². The van der Waals surface area contributed by atoms with Gasteiger partial charge >= 0.3 is 0 Å². The molecule has 0 unspecified atom stereocenters. The van der Waals surface area contributed by atoms with Crippen molar-refractivity contribution in [3.8, 4) is 11.3 Å². The quantitative estimate of drug-likeness (QED) is 0.642. The molecule has 0 amide bonds. The molecule has 1 aromatic heterocycles. The van der Waals surface area contributed by atoms with Crippen LogP contribution in [-0.4, -0.2) is 7.05 Å². The van der Waals surface area contributed by atoms with Crippen molar-refractivity contribution in [1.29, 1.82) is 0 Å². The third-order valence-electron chi connectivity index (χ3n) is 3.27. The van der Waals surface area contributed by atoms with E-state index < -0.39 is 0 Å². The molecule has 0 atom stereocenters. The lowest BCUT2D eigenvalue weighted by Crippen LogP contribution is -2.05. The first-order valence-electron chi connectivity index (χ1n) is 7.16. The lowest BCUT2D eigenvalue weighted by molar-refractivity contribution is 0.582. The average Bonchev–Trinajstić information content (AvgIpc) is 3.09.